The second-order valence-corrected chi connectivity index (χ2v) is 11.0. The highest BCUT2D eigenvalue weighted by molar-refractivity contribution is 6.13. The van der Waals surface area contributed by atoms with E-state index in [0.717, 1.165) is 57.7 Å². The van der Waals surface area contributed by atoms with Crippen LogP contribution in [0.1, 0.15) is 48.8 Å². The van der Waals surface area contributed by atoms with E-state index in [0.29, 0.717) is 18.2 Å². The number of rotatable bonds is 6. The fraction of sp³-hybridized carbons (Fsp3) is 0.229. The van der Waals surface area contributed by atoms with Crippen LogP contribution in [0.2, 0.25) is 0 Å². The smallest absolute Gasteiger partial charge is 0.349 e. The summed E-state index contributed by atoms with van der Waals surface area (Å²) < 4.78 is 0. The highest BCUT2D eigenvalue weighted by atomic mass is 16.2. The molecule has 212 valence electrons. The zero-order valence-corrected chi connectivity index (χ0v) is 23.9. The Morgan fingerprint density at radius 2 is 1.52 bits per heavy atom. The molecule has 0 aromatic heterocycles. The molecule has 7 heteroatoms. The molecule has 4 aromatic rings. The van der Waals surface area contributed by atoms with Crippen LogP contribution in [0, 0.1) is 12.8 Å². The standard InChI is InChI=1S/C35H36N6O/c1-24-27(15-10-17-30(24)25-11-4-2-5-12-25)23-40-35(42)41(29-21-19-28(20-22-29)38-34(36)37)32-18-9-8-16-31(32)33(39-40)26-13-6-3-7-14-26/h2,4-5,8-12,15-22,26H,3,6-7,13-14,23H2,1H3,(H4,36,37,38). The third-order valence-electron chi connectivity index (χ3n) is 8.27. The number of para-hydroxylation sites is 1. The monoisotopic (exact) mass is 556 g/mol. The highest BCUT2D eigenvalue weighted by Gasteiger charge is 2.34. The predicted molar refractivity (Wildman–Crippen MR) is 171 cm³/mol. The Kier molecular flexibility index (Phi) is 7.73. The van der Waals surface area contributed by atoms with E-state index in [2.05, 4.69) is 48.3 Å². The largest absolute Gasteiger partial charge is 0.370 e. The minimum Gasteiger partial charge on any atom is -0.370 e. The molecule has 7 nitrogen and oxygen atoms in total. The Morgan fingerprint density at radius 1 is 0.833 bits per heavy atom. The molecule has 0 radical (unpaired) electrons. The lowest BCUT2D eigenvalue weighted by Crippen LogP contribution is -2.37. The number of guanidine groups is 1. The molecule has 1 aliphatic carbocycles. The van der Waals surface area contributed by atoms with E-state index in [4.69, 9.17) is 16.6 Å². The summed E-state index contributed by atoms with van der Waals surface area (Å²) in [6.45, 7) is 2.48. The molecular weight excluding hydrogens is 520 g/mol. The van der Waals surface area contributed by atoms with Crippen molar-refractivity contribution in [1.29, 1.82) is 0 Å². The molecule has 1 saturated carbocycles. The fourth-order valence-electron chi connectivity index (χ4n) is 6.13. The number of fused-ring (bicyclic) bond motifs is 1. The lowest BCUT2D eigenvalue weighted by Gasteiger charge is -2.27. The van der Waals surface area contributed by atoms with Crippen molar-refractivity contribution < 1.29 is 4.79 Å². The van der Waals surface area contributed by atoms with E-state index in [-0.39, 0.29) is 12.0 Å². The number of carbonyl (C=O) groups excluding carboxylic acids is 1. The van der Waals surface area contributed by atoms with Gasteiger partial charge in [0.25, 0.3) is 0 Å². The van der Waals surface area contributed by atoms with Crippen LogP contribution in [-0.2, 0) is 6.54 Å². The topological polar surface area (TPSA) is 100 Å². The van der Waals surface area contributed by atoms with Crippen molar-refractivity contribution in [3.05, 3.63) is 114 Å². The summed E-state index contributed by atoms with van der Waals surface area (Å²) in [5.41, 5.74) is 19.9. The quantitative estimate of drug-likeness (QED) is 0.189. The number of anilines is 2. The Morgan fingerprint density at radius 3 is 2.26 bits per heavy atom. The molecule has 0 saturated heterocycles. The SMILES string of the molecule is Cc1c(CN2N=C(C3CCCCC3)c3ccccc3N(c3ccc(N=C(N)N)cc3)C2=O)cccc1-c1ccccc1. The number of hydrogen-bond acceptors (Lipinski definition) is 3. The van der Waals surface area contributed by atoms with Gasteiger partial charge in [0, 0.05) is 11.5 Å². The van der Waals surface area contributed by atoms with Gasteiger partial charge in [0.05, 0.1) is 29.3 Å². The molecule has 1 aliphatic heterocycles. The van der Waals surface area contributed by atoms with Gasteiger partial charge in [0.1, 0.15) is 0 Å². The molecule has 4 aromatic carbocycles. The van der Waals surface area contributed by atoms with Crippen LogP contribution in [0.4, 0.5) is 21.9 Å². The first-order chi connectivity index (χ1) is 20.5. The minimum atomic E-state index is -0.202. The molecule has 2 aliphatic rings. The van der Waals surface area contributed by atoms with Crippen LogP contribution >= 0.6 is 0 Å². The lowest BCUT2D eigenvalue weighted by molar-refractivity contribution is 0.207. The summed E-state index contributed by atoms with van der Waals surface area (Å²) in [5.74, 6) is 0.292. The van der Waals surface area contributed by atoms with Crippen molar-refractivity contribution >= 4 is 34.8 Å². The van der Waals surface area contributed by atoms with Crippen molar-refractivity contribution in [1.82, 2.24) is 5.01 Å². The van der Waals surface area contributed by atoms with E-state index in [1.165, 1.54) is 19.3 Å². The van der Waals surface area contributed by atoms with Crippen LogP contribution in [0.5, 0.6) is 0 Å². The van der Waals surface area contributed by atoms with Gasteiger partial charge in [-0.1, -0.05) is 86.0 Å². The van der Waals surface area contributed by atoms with E-state index in [9.17, 15) is 4.79 Å². The zero-order chi connectivity index (χ0) is 29.1. The maximum absolute atomic E-state index is 14.5. The Bertz CT molecular complexity index is 1630. The number of aliphatic imine (C=N–C) groups is 1. The second-order valence-electron chi connectivity index (χ2n) is 11.0. The molecule has 1 fully saturated rings. The number of hydrogen-bond donors (Lipinski definition) is 2. The van der Waals surface area contributed by atoms with E-state index >= 15 is 0 Å². The number of amides is 2. The predicted octanol–water partition coefficient (Wildman–Crippen LogP) is 7.63. The van der Waals surface area contributed by atoms with E-state index in [1.807, 2.05) is 60.7 Å². The number of benzene rings is 4. The average Bonchev–Trinajstić information content (AvgIpc) is 3.13. The first kappa shape index (κ1) is 27.3. The molecule has 42 heavy (non-hydrogen) atoms. The first-order valence-corrected chi connectivity index (χ1v) is 14.6. The van der Waals surface area contributed by atoms with Crippen LogP contribution in [-0.4, -0.2) is 22.7 Å². The van der Waals surface area contributed by atoms with Gasteiger partial charge in [0.2, 0.25) is 0 Å². The summed E-state index contributed by atoms with van der Waals surface area (Å²) in [7, 11) is 0. The van der Waals surface area contributed by atoms with Crippen molar-refractivity contribution in [2.75, 3.05) is 4.90 Å². The van der Waals surface area contributed by atoms with Gasteiger partial charge in [-0.3, -0.25) is 4.90 Å². The Hall–Kier alpha value is -4.91. The van der Waals surface area contributed by atoms with E-state index in [1.54, 1.807) is 9.91 Å². The molecule has 0 unspecified atom stereocenters. The number of urea groups is 1. The third kappa shape index (κ3) is 5.50. The van der Waals surface area contributed by atoms with Crippen LogP contribution in [0.15, 0.2) is 107 Å². The molecule has 0 bridgehead atoms. The summed E-state index contributed by atoms with van der Waals surface area (Å²) in [6, 6.07) is 32.0. The number of carbonyl (C=O) groups is 1. The maximum atomic E-state index is 14.5. The Balaban J connectivity index is 1.46. The van der Waals surface area contributed by atoms with Gasteiger partial charge >= 0.3 is 6.03 Å². The van der Waals surface area contributed by atoms with Gasteiger partial charge in [-0.05, 0) is 72.4 Å². The third-order valence-corrected chi connectivity index (χ3v) is 8.27. The zero-order valence-electron chi connectivity index (χ0n) is 23.9. The second kappa shape index (κ2) is 11.9. The van der Waals surface area contributed by atoms with Crippen LogP contribution < -0.4 is 16.4 Å². The van der Waals surface area contributed by atoms with Gasteiger partial charge in [-0.15, -0.1) is 0 Å². The molecule has 4 N–H and O–H groups in total. The maximum Gasteiger partial charge on any atom is 0.349 e. The van der Waals surface area contributed by atoms with E-state index < -0.39 is 0 Å². The molecule has 0 atom stereocenters. The lowest BCUT2D eigenvalue weighted by atomic mass is 9.83. The average molecular weight is 557 g/mol. The Labute approximate surface area is 247 Å². The summed E-state index contributed by atoms with van der Waals surface area (Å²) in [5, 5.41) is 6.85. The molecular formula is C35H36N6O. The molecule has 2 amide bonds. The van der Waals surface area contributed by atoms with Crippen molar-refractivity contribution in [3.63, 3.8) is 0 Å². The van der Waals surface area contributed by atoms with Crippen LogP contribution in [0.25, 0.3) is 11.1 Å². The summed E-state index contributed by atoms with van der Waals surface area (Å²) in [4.78, 5) is 20.5. The fourth-order valence-corrected chi connectivity index (χ4v) is 6.13. The number of nitrogens with two attached hydrogens (primary N) is 2. The van der Waals surface area contributed by atoms with Crippen LogP contribution in [0.3, 0.4) is 0 Å². The normalized spacial score (nSPS) is 15.5. The van der Waals surface area contributed by atoms with Gasteiger partial charge in [-0.2, -0.15) is 5.10 Å². The van der Waals surface area contributed by atoms with Crippen molar-refractivity contribution in [3.8, 4) is 11.1 Å². The molecule has 1 heterocycles. The molecule has 0 spiro atoms. The summed E-state index contributed by atoms with van der Waals surface area (Å²) in [6.07, 6.45) is 5.74. The van der Waals surface area contributed by atoms with Gasteiger partial charge in [-0.25, -0.2) is 14.8 Å². The number of hydrazone groups is 1. The first-order valence-electron chi connectivity index (χ1n) is 14.6. The minimum absolute atomic E-state index is 0.0104. The van der Waals surface area contributed by atoms with Crippen molar-refractivity contribution in [2.45, 2.75) is 45.6 Å². The highest BCUT2D eigenvalue weighted by Crippen LogP contribution is 2.38. The van der Waals surface area contributed by atoms with Gasteiger partial charge < -0.3 is 11.5 Å². The summed E-state index contributed by atoms with van der Waals surface area (Å²) >= 11 is 0. The molecule has 6 rings (SSSR count). The number of nitrogens with zero attached hydrogens (tertiary/aromatic N) is 4. The van der Waals surface area contributed by atoms with Crippen molar-refractivity contribution in [2.24, 2.45) is 27.5 Å². The van der Waals surface area contributed by atoms with Gasteiger partial charge in [0.15, 0.2) is 5.96 Å².